The number of hydrogen-bond acceptors (Lipinski definition) is 5. The van der Waals surface area contributed by atoms with Gasteiger partial charge in [0.2, 0.25) is 0 Å². The van der Waals surface area contributed by atoms with Gasteiger partial charge in [-0.05, 0) is 48.5 Å². The van der Waals surface area contributed by atoms with E-state index in [1.165, 1.54) is 11.4 Å². The van der Waals surface area contributed by atoms with Crippen LogP contribution in [0.15, 0.2) is 48.5 Å². The second kappa shape index (κ2) is 7.88. The number of nitrogens with zero attached hydrogens (tertiary/aromatic N) is 3. The molecular formula is C21H25N3O3. The molecule has 0 aliphatic carbocycles. The summed E-state index contributed by atoms with van der Waals surface area (Å²) in [4.78, 5) is 18.1. The van der Waals surface area contributed by atoms with Gasteiger partial charge in [-0.3, -0.25) is 0 Å². The van der Waals surface area contributed by atoms with E-state index in [-0.39, 0.29) is 0 Å². The average Bonchev–Trinajstić information content (AvgIpc) is 2.75. The van der Waals surface area contributed by atoms with Crippen molar-refractivity contribution in [3.63, 3.8) is 0 Å². The van der Waals surface area contributed by atoms with Gasteiger partial charge < -0.3 is 24.5 Å². The highest BCUT2D eigenvalue weighted by atomic mass is 16.5. The molecule has 6 heteroatoms. The lowest BCUT2D eigenvalue weighted by Gasteiger charge is -2.37. The number of morpholine rings is 1. The van der Waals surface area contributed by atoms with Crippen LogP contribution >= 0.6 is 0 Å². The molecule has 2 aliphatic heterocycles. The van der Waals surface area contributed by atoms with E-state index in [0.717, 1.165) is 58.2 Å². The third kappa shape index (κ3) is 4.01. The Morgan fingerprint density at radius 1 is 0.667 bits per heavy atom. The van der Waals surface area contributed by atoms with Gasteiger partial charge in [-0.25, -0.2) is 4.79 Å². The van der Waals surface area contributed by atoms with Gasteiger partial charge in [0.25, 0.3) is 0 Å². The number of piperazine rings is 1. The molecule has 6 nitrogen and oxygen atoms in total. The predicted octanol–water partition coefficient (Wildman–Crippen LogP) is 2.55. The summed E-state index contributed by atoms with van der Waals surface area (Å²) in [7, 11) is 0. The van der Waals surface area contributed by atoms with Gasteiger partial charge in [-0.2, -0.15) is 0 Å². The van der Waals surface area contributed by atoms with E-state index in [1.54, 1.807) is 12.1 Å². The number of ether oxygens (including phenoxy) is 1. The summed E-state index contributed by atoms with van der Waals surface area (Å²) >= 11 is 0. The fourth-order valence-corrected chi connectivity index (χ4v) is 3.73. The highest BCUT2D eigenvalue weighted by molar-refractivity contribution is 5.88. The zero-order valence-corrected chi connectivity index (χ0v) is 15.4. The van der Waals surface area contributed by atoms with E-state index in [2.05, 4.69) is 39.0 Å². The zero-order chi connectivity index (χ0) is 18.6. The Labute approximate surface area is 159 Å². The minimum atomic E-state index is -0.883. The number of carbonyl (C=O) groups is 1. The molecule has 0 saturated carbocycles. The molecule has 0 spiro atoms. The van der Waals surface area contributed by atoms with Gasteiger partial charge in [-0.1, -0.05) is 0 Å². The number of carboxylic acids is 1. The minimum Gasteiger partial charge on any atom is -0.478 e. The second-order valence-electron chi connectivity index (χ2n) is 6.94. The molecule has 1 N–H and O–H groups in total. The highest BCUT2D eigenvalue weighted by Gasteiger charge is 2.18. The predicted molar refractivity (Wildman–Crippen MR) is 107 cm³/mol. The standard InChI is InChI=1S/C21H25N3O3/c25-21(26)17-1-3-18(4-2-17)22-9-11-23(12-10-22)19-5-7-20(8-6-19)24-13-15-27-16-14-24/h1-8H,9-16H2,(H,25,26). The van der Waals surface area contributed by atoms with Crippen LogP contribution in [-0.4, -0.2) is 63.6 Å². The van der Waals surface area contributed by atoms with Crippen LogP contribution in [0.2, 0.25) is 0 Å². The molecule has 142 valence electrons. The summed E-state index contributed by atoms with van der Waals surface area (Å²) < 4.78 is 5.42. The van der Waals surface area contributed by atoms with E-state index in [9.17, 15) is 4.79 Å². The number of aromatic carboxylic acids is 1. The molecule has 0 amide bonds. The molecule has 4 rings (SSSR count). The Kier molecular flexibility index (Phi) is 5.16. The van der Waals surface area contributed by atoms with Crippen molar-refractivity contribution < 1.29 is 14.6 Å². The number of hydrogen-bond donors (Lipinski definition) is 1. The smallest absolute Gasteiger partial charge is 0.335 e. The molecule has 0 atom stereocenters. The van der Waals surface area contributed by atoms with Gasteiger partial charge in [0, 0.05) is 56.3 Å². The first-order valence-corrected chi connectivity index (χ1v) is 9.47. The molecule has 0 aromatic heterocycles. The molecule has 2 heterocycles. The normalized spacial score (nSPS) is 17.9. The summed E-state index contributed by atoms with van der Waals surface area (Å²) in [5.74, 6) is -0.883. The van der Waals surface area contributed by atoms with Crippen LogP contribution in [0.3, 0.4) is 0 Å². The summed E-state index contributed by atoms with van der Waals surface area (Å²) in [6, 6.07) is 16.0. The van der Waals surface area contributed by atoms with Crippen LogP contribution in [0.4, 0.5) is 17.1 Å². The third-order valence-electron chi connectivity index (χ3n) is 5.35. The van der Waals surface area contributed by atoms with E-state index >= 15 is 0 Å². The molecule has 2 fully saturated rings. The van der Waals surface area contributed by atoms with E-state index < -0.39 is 5.97 Å². The van der Waals surface area contributed by atoms with E-state index in [0.29, 0.717) is 5.56 Å². The zero-order valence-electron chi connectivity index (χ0n) is 15.4. The van der Waals surface area contributed by atoms with Gasteiger partial charge >= 0.3 is 5.97 Å². The average molecular weight is 367 g/mol. The molecule has 0 unspecified atom stereocenters. The molecule has 2 saturated heterocycles. The van der Waals surface area contributed by atoms with Crippen LogP contribution in [0.5, 0.6) is 0 Å². The fraction of sp³-hybridized carbons (Fsp3) is 0.381. The first kappa shape index (κ1) is 17.7. The Hall–Kier alpha value is -2.73. The van der Waals surface area contributed by atoms with Crippen molar-refractivity contribution >= 4 is 23.0 Å². The Balaban J connectivity index is 1.35. The van der Waals surface area contributed by atoms with Crippen LogP contribution in [0.1, 0.15) is 10.4 Å². The van der Waals surface area contributed by atoms with Gasteiger partial charge in [0.05, 0.1) is 18.8 Å². The molecule has 27 heavy (non-hydrogen) atoms. The van der Waals surface area contributed by atoms with Gasteiger partial charge in [0.1, 0.15) is 0 Å². The lowest BCUT2D eigenvalue weighted by Crippen LogP contribution is -2.46. The Morgan fingerprint density at radius 2 is 1.04 bits per heavy atom. The third-order valence-corrected chi connectivity index (χ3v) is 5.35. The van der Waals surface area contributed by atoms with Crippen molar-refractivity contribution in [2.75, 3.05) is 67.2 Å². The number of benzene rings is 2. The summed E-state index contributed by atoms with van der Waals surface area (Å²) in [5, 5.41) is 9.02. The molecule has 2 aromatic rings. The van der Waals surface area contributed by atoms with Gasteiger partial charge in [0.15, 0.2) is 0 Å². The topological polar surface area (TPSA) is 56.2 Å². The summed E-state index contributed by atoms with van der Waals surface area (Å²) in [6.07, 6.45) is 0. The fourth-order valence-electron chi connectivity index (χ4n) is 3.73. The first-order valence-electron chi connectivity index (χ1n) is 9.47. The minimum absolute atomic E-state index is 0.331. The summed E-state index contributed by atoms with van der Waals surface area (Å²) in [6.45, 7) is 7.29. The Morgan fingerprint density at radius 3 is 1.44 bits per heavy atom. The van der Waals surface area contributed by atoms with Crippen LogP contribution in [0.25, 0.3) is 0 Å². The van der Waals surface area contributed by atoms with Crippen LogP contribution in [0, 0.1) is 0 Å². The maximum absolute atomic E-state index is 11.0. The van der Waals surface area contributed by atoms with Crippen molar-refractivity contribution in [1.29, 1.82) is 0 Å². The van der Waals surface area contributed by atoms with Crippen molar-refractivity contribution in [3.05, 3.63) is 54.1 Å². The monoisotopic (exact) mass is 367 g/mol. The van der Waals surface area contributed by atoms with Crippen molar-refractivity contribution in [3.8, 4) is 0 Å². The van der Waals surface area contributed by atoms with E-state index in [4.69, 9.17) is 9.84 Å². The maximum Gasteiger partial charge on any atom is 0.335 e. The molecule has 0 radical (unpaired) electrons. The van der Waals surface area contributed by atoms with Crippen molar-refractivity contribution in [2.24, 2.45) is 0 Å². The second-order valence-corrected chi connectivity index (χ2v) is 6.94. The number of anilines is 3. The molecule has 0 bridgehead atoms. The molecular weight excluding hydrogens is 342 g/mol. The first-order chi connectivity index (χ1) is 13.2. The van der Waals surface area contributed by atoms with Crippen LogP contribution < -0.4 is 14.7 Å². The van der Waals surface area contributed by atoms with E-state index in [1.807, 2.05) is 12.1 Å². The highest BCUT2D eigenvalue weighted by Crippen LogP contribution is 2.24. The Bertz CT molecular complexity index is 762. The molecule has 2 aromatic carbocycles. The SMILES string of the molecule is O=C(O)c1ccc(N2CCN(c3ccc(N4CCOCC4)cc3)CC2)cc1. The quantitative estimate of drug-likeness (QED) is 0.896. The lowest BCUT2D eigenvalue weighted by atomic mass is 10.1. The van der Waals surface area contributed by atoms with Crippen LogP contribution in [-0.2, 0) is 4.74 Å². The van der Waals surface area contributed by atoms with Crippen molar-refractivity contribution in [2.45, 2.75) is 0 Å². The lowest BCUT2D eigenvalue weighted by molar-refractivity contribution is 0.0697. The van der Waals surface area contributed by atoms with Crippen molar-refractivity contribution in [1.82, 2.24) is 0 Å². The number of rotatable bonds is 4. The maximum atomic E-state index is 11.0. The largest absolute Gasteiger partial charge is 0.478 e. The number of carboxylic acid groups (broad SMARTS) is 1. The molecule has 2 aliphatic rings. The summed E-state index contributed by atoms with van der Waals surface area (Å²) in [5.41, 5.74) is 3.94. The van der Waals surface area contributed by atoms with Gasteiger partial charge in [-0.15, -0.1) is 0 Å².